The lowest BCUT2D eigenvalue weighted by Crippen LogP contribution is -2.47. The van der Waals surface area contributed by atoms with Crippen LogP contribution in [0.4, 0.5) is 13.2 Å². The number of piperazine rings is 1. The minimum absolute atomic E-state index is 0.00325. The van der Waals surface area contributed by atoms with Crippen LogP contribution in [0.1, 0.15) is 15.9 Å². The number of likely N-dealkylation sites (N-methyl/N-ethyl adjacent to an activating group) is 1. The maximum Gasteiger partial charge on any atom is 0.267 e. The number of halogens is 3. The summed E-state index contributed by atoms with van der Waals surface area (Å²) in [5, 5.41) is 4.20. The summed E-state index contributed by atoms with van der Waals surface area (Å²) in [6, 6.07) is 11.3. The molecule has 4 aromatic rings. The largest absolute Gasteiger partial charge is 0.336 e. The van der Waals surface area contributed by atoms with Crippen LogP contribution in [0, 0.1) is 17.5 Å². The SMILES string of the molecule is CN1CCN(C(=O)c2cnc(-c3cccc(Cn4nc(-c5cc(F)c(F)c(F)c5)ccc4=O)c3)nc2)CC1. The average molecular weight is 521 g/mol. The van der Waals surface area contributed by atoms with Gasteiger partial charge in [0, 0.05) is 55.8 Å². The first-order valence-corrected chi connectivity index (χ1v) is 11.9. The second kappa shape index (κ2) is 10.5. The molecule has 0 unspecified atom stereocenters. The van der Waals surface area contributed by atoms with Crippen LogP contribution in [-0.2, 0) is 6.54 Å². The van der Waals surface area contributed by atoms with E-state index in [9.17, 15) is 22.8 Å². The number of amides is 1. The summed E-state index contributed by atoms with van der Waals surface area (Å²) in [4.78, 5) is 37.9. The Labute approximate surface area is 216 Å². The molecule has 0 radical (unpaired) electrons. The molecule has 1 fully saturated rings. The molecule has 2 aromatic heterocycles. The third kappa shape index (κ3) is 5.32. The lowest BCUT2D eigenvalue weighted by Gasteiger charge is -2.32. The van der Waals surface area contributed by atoms with E-state index in [-0.39, 0.29) is 23.7 Å². The molecule has 0 bridgehead atoms. The highest BCUT2D eigenvalue weighted by atomic mass is 19.2. The number of hydrogen-bond donors (Lipinski definition) is 0. The Kier molecular flexibility index (Phi) is 7.01. The second-order valence-corrected chi connectivity index (χ2v) is 9.06. The summed E-state index contributed by atoms with van der Waals surface area (Å²) < 4.78 is 41.9. The van der Waals surface area contributed by atoms with Gasteiger partial charge < -0.3 is 9.80 Å². The molecule has 1 saturated heterocycles. The van der Waals surface area contributed by atoms with Gasteiger partial charge in [-0.2, -0.15) is 5.10 Å². The van der Waals surface area contributed by atoms with Gasteiger partial charge in [0.05, 0.1) is 17.8 Å². The smallest absolute Gasteiger partial charge is 0.267 e. The van der Waals surface area contributed by atoms with Crippen LogP contribution in [0.3, 0.4) is 0 Å². The molecule has 38 heavy (non-hydrogen) atoms. The topological polar surface area (TPSA) is 84.2 Å². The maximum absolute atomic E-state index is 13.7. The first-order valence-electron chi connectivity index (χ1n) is 11.9. The van der Waals surface area contributed by atoms with Gasteiger partial charge in [-0.05, 0) is 36.9 Å². The normalized spacial score (nSPS) is 14.1. The molecule has 1 aliphatic rings. The fourth-order valence-electron chi connectivity index (χ4n) is 4.18. The van der Waals surface area contributed by atoms with Gasteiger partial charge in [-0.1, -0.05) is 18.2 Å². The highest BCUT2D eigenvalue weighted by Gasteiger charge is 2.21. The van der Waals surface area contributed by atoms with E-state index in [1.54, 1.807) is 29.2 Å². The predicted molar refractivity (Wildman–Crippen MR) is 134 cm³/mol. The van der Waals surface area contributed by atoms with Gasteiger partial charge in [0.1, 0.15) is 0 Å². The highest BCUT2D eigenvalue weighted by Crippen LogP contribution is 2.22. The van der Waals surface area contributed by atoms with E-state index in [1.165, 1.54) is 24.5 Å². The summed E-state index contributed by atoms with van der Waals surface area (Å²) >= 11 is 0. The Morgan fingerprint density at radius 1 is 0.895 bits per heavy atom. The molecule has 0 atom stereocenters. The molecule has 194 valence electrons. The summed E-state index contributed by atoms with van der Waals surface area (Å²) in [7, 11) is 2.02. The Morgan fingerprint density at radius 3 is 2.26 bits per heavy atom. The van der Waals surface area contributed by atoms with E-state index in [0.717, 1.165) is 29.9 Å². The van der Waals surface area contributed by atoms with Crippen LogP contribution in [-0.4, -0.2) is 68.7 Å². The fraction of sp³-hybridized carbons (Fsp3) is 0.222. The Bertz CT molecular complexity index is 1530. The molecule has 5 rings (SSSR count). The lowest BCUT2D eigenvalue weighted by atomic mass is 10.1. The number of hydrogen-bond acceptors (Lipinski definition) is 6. The Hall–Kier alpha value is -4.38. The molecular weight excluding hydrogens is 497 g/mol. The van der Waals surface area contributed by atoms with Crippen LogP contribution < -0.4 is 5.56 Å². The van der Waals surface area contributed by atoms with Crippen LogP contribution in [0.15, 0.2) is 65.7 Å². The fourth-order valence-corrected chi connectivity index (χ4v) is 4.18. The lowest BCUT2D eigenvalue weighted by molar-refractivity contribution is 0.0663. The third-order valence-corrected chi connectivity index (χ3v) is 6.35. The van der Waals surface area contributed by atoms with Gasteiger partial charge in [0.15, 0.2) is 23.3 Å². The number of rotatable bonds is 5. The van der Waals surface area contributed by atoms with E-state index in [2.05, 4.69) is 20.0 Å². The maximum atomic E-state index is 13.7. The van der Waals surface area contributed by atoms with Crippen molar-refractivity contribution in [2.45, 2.75) is 6.54 Å². The van der Waals surface area contributed by atoms with Gasteiger partial charge in [-0.15, -0.1) is 0 Å². The van der Waals surface area contributed by atoms with Crippen LogP contribution >= 0.6 is 0 Å². The first kappa shape index (κ1) is 25.3. The molecule has 0 saturated carbocycles. The first-order chi connectivity index (χ1) is 18.3. The zero-order valence-electron chi connectivity index (χ0n) is 20.4. The number of aromatic nitrogens is 4. The minimum atomic E-state index is -1.57. The summed E-state index contributed by atoms with van der Waals surface area (Å²) in [5.41, 5.74) is 1.48. The molecule has 0 spiro atoms. The van der Waals surface area contributed by atoms with Crippen molar-refractivity contribution in [1.82, 2.24) is 29.5 Å². The summed E-state index contributed by atoms with van der Waals surface area (Å²) in [6.45, 7) is 3.00. The number of benzene rings is 2. The number of carbonyl (C=O) groups is 1. The molecule has 11 heteroatoms. The van der Waals surface area contributed by atoms with Gasteiger partial charge in [-0.25, -0.2) is 27.8 Å². The van der Waals surface area contributed by atoms with Gasteiger partial charge in [-0.3, -0.25) is 9.59 Å². The number of carbonyl (C=O) groups excluding carboxylic acids is 1. The molecule has 0 aliphatic carbocycles. The summed E-state index contributed by atoms with van der Waals surface area (Å²) in [6.07, 6.45) is 3.01. The van der Waals surface area contributed by atoms with E-state index < -0.39 is 23.0 Å². The third-order valence-electron chi connectivity index (χ3n) is 6.35. The van der Waals surface area contributed by atoms with Crippen molar-refractivity contribution < 1.29 is 18.0 Å². The molecule has 8 nitrogen and oxygen atoms in total. The second-order valence-electron chi connectivity index (χ2n) is 9.06. The van der Waals surface area contributed by atoms with Gasteiger partial charge in [0.25, 0.3) is 11.5 Å². The standard InChI is InChI=1S/C27H23F3N6O2/c1-34-7-9-35(10-8-34)27(38)20-14-31-26(32-15-20)18-4-2-3-17(11-18)16-36-24(37)6-5-23(33-36)19-12-21(28)25(30)22(29)13-19/h2-6,11-15H,7-10,16H2,1H3. The van der Waals surface area contributed by atoms with E-state index in [0.29, 0.717) is 35.6 Å². The quantitative estimate of drug-likeness (QED) is 0.376. The van der Waals surface area contributed by atoms with Crippen molar-refractivity contribution in [3.8, 4) is 22.6 Å². The highest BCUT2D eigenvalue weighted by molar-refractivity contribution is 5.93. The van der Waals surface area contributed by atoms with E-state index in [4.69, 9.17) is 0 Å². The number of nitrogens with zero attached hydrogens (tertiary/aromatic N) is 6. The van der Waals surface area contributed by atoms with E-state index in [1.807, 2.05) is 7.05 Å². The molecule has 1 amide bonds. The zero-order chi connectivity index (χ0) is 26.8. The molecule has 3 heterocycles. The molecular formula is C27H23F3N6O2. The van der Waals surface area contributed by atoms with Crippen molar-refractivity contribution in [3.63, 3.8) is 0 Å². The Morgan fingerprint density at radius 2 is 1.58 bits per heavy atom. The molecule has 0 N–H and O–H groups in total. The minimum Gasteiger partial charge on any atom is -0.336 e. The van der Waals surface area contributed by atoms with Crippen molar-refractivity contribution in [2.75, 3.05) is 33.2 Å². The van der Waals surface area contributed by atoms with Crippen molar-refractivity contribution in [1.29, 1.82) is 0 Å². The van der Waals surface area contributed by atoms with Gasteiger partial charge in [0.2, 0.25) is 0 Å². The average Bonchev–Trinajstić information content (AvgIpc) is 2.93. The summed E-state index contributed by atoms with van der Waals surface area (Å²) in [5.74, 6) is -3.96. The predicted octanol–water partition coefficient (Wildman–Crippen LogP) is 3.22. The monoisotopic (exact) mass is 520 g/mol. The van der Waals surface area contributed by atoms with Crippen molar-refractivity contribution >= 4 is 5.91 Å². The Balaban J connectivity index is 1.35. The van der Waals surface area contributed by atoms with Crippen molar-refractivity contribution in [2.24, 2.45) is 0 Å². The van der Waals surface area contributed by atoms with Crippen molar-refractivity contribution in [3.05, 3.63) is 99.9 Å². The van der Waals surface area contributed by atoms with Gasteiger partial charge >= 0.3 is 0 Å². The van der Waals surface area contributed by atoms with E-state index >= 15 is 0 Å². The molecule has 2 aromatic carbocycles. The molecule has 1 aliphatic heterocycles. The van der Waals surface area contributed by atoms with Crippen LogP contribution in [0.2, 0.25) is 0 Å². The van der Waals surface area contributed by atoms with Crippen LogP contribution in [0.5, 0.6) is 0 Å². The van der Waals surface area contributed by atoms with Crippen LogP contribution in [0.25, 0.3) is 22.6 Å². The zero-order valence-corrected chi connectivity index (χ0v) is 20.4.